The molecule has 8 heteroatoms. The van der Waals surface area contributed by atoms with Crippen molar-refractivity contribution in [3.8, 4) is 0 Å². The number of anilines is 2. The Kier molecular flexibility index (Phi) is 4.09. The molecule has 2 aromatic rings. The van der Waals surface area contributed by atoms with Gasteiger partial charge in [0.25, 0.3) is 5.91 Å². The van der Waals surface area contributed by atoms with Crippen LogP contribution in [0.15, 0.2) is 24.4 Å². The van der Waals surface area contributed by atoms with Crippen molar-refractivity contribution in [2.75, 3.05) is 11.1 Å². The van der Waals surface area contributed by atoms with Gasteiger partial charge in [0.2, 0.25) is 0 Å². The molecule has 2 aromatic heterocycles. The molecule has 98 valence electrons. The third-order valence-electron chi connectivity index (χ3n) is 2.22. The Morgan fingerprint density at radius 2 is 2.00 bits per heavy atom. The Morgan fingerprint density at radius 1 is 1.26 bits per heavy atom. The molecule has 0 radical (unpaired) electrons. The van der Waals surface area contributed by atoms with Crippen LogP contribution in [-0.4, -0.2) is 15.9 Å². The van der Waals surface area contributed by atoms with Crippen LogP contribution < -0.4 is 11.1 Å². The van der Waals surface area contributed by atoms with Crippen molar-refractivity contribution in [1.82, 2.24) is 9.97 Å². The Labute approximate surface area is 123 Å². The molecule has 0 unspecified atom stereocenters. The number of nitrogens with zero attached hydrogens (tertiary/aromatic N) is 2. The molecule has 3 N–H and O–H groups in total. The van der Waals surface area contributed by atoms with E-state index in [0.29, 0.717) is 0 Å². The fraction of sp³-hybridized carbons (Fsp3) is 0. The van der Waals surface area contributed by atoms with Crippen molar-refractivity contribution in [2.45, 2.75) is 0 Å². The van der Waals surface area contributed by atoms with E-state index in [0.717, 1.165) is 0 Å². The van der Waals surface area contributed by atoms with Gasteiger partial charge in [-0.1, -0.05) is 34.8 Å². The largest absolute Gasteiger partial charge is 0.397 e. The molecule has 0 saturated heterocycles. The molecule has 0 aliphatic carbocycles. The van der Waals surface area contributed by atoms with Gasteiger partial charge in [-0.05, 0) is 12.1 Å². The van der Waals surface area contributed by atoms with Gasteiger partial charge >= 0.3 is 0 Å². The van der Waals surface area contributed by atoms with Crippen molar-refractivity contribution >= 4 is 52.1 Å². The number of rotatable bonds is 2. The van der Waals surface area contributed by atoms with Gasteiger partial charge in [-0.25, -0.2) is 9.97 Å². The van der Waals surface area contributed by atoms with Crippen LogP contribution in [0.3, 0.4) is 0 Å². The SMILES string of the molecule is Nc1cc(Cl)nc(Cl)c1NC(=O)c1cccnc1Cl. The number of nitrogen functional groups attached to an aromatic ring is 1. The van der Waals surface area contributed by atoms with Gasteiger partial charge in [-0.2, -0.15) is 0 Å². The zero-order chi connectivity index (χ0) is 14.0. The Balaban J connectivity index is 2.32. The molecule has 0 spiro atoms. The van der Waals surface area contributed by atoms with Crippen LogP contribution in [0.5, 0.6) is 0 Å². The second-order valence-electron chi connectivity index (χ2n) is 3.50. The molecule has 0 aromatic carbocycles. The van der Waals surface area contributed by atoms with Gasteiger partial charge in [0.15, 0.2) is 5.15 Å². The van der Waals surface area contributed by atoms with Crippen molar-refractivity contribution in [3.05, 3.63) is 45.4 Å². The maximum absolute atomic E-state index is 12.0. The highest BCUT2D eigenvalue weighted by Gasteiger charge is 2.15. The van der Waals surface area contributed by atoms with Gasteiger partial charge in [0.05, 0.1) is 11.3 Å². The summed E-state index contributed by atoms with van der Waals surface area (Å²) in [6.45, 7) is 0. The summed E-state index contributed by atoms with van der Waals surface area (Å²) in [4.78, 5) is 19.6. The number of amides is 1. The highest BCUT2D eigenvalue weighted by atomic mass is 35.5. The number of nitrogens with two attached hydrogens (primary N) is 1. The van der Waals surface area contributed by atoms with E-state index in [1.807, 2.05) is 0 Å². The summed E-state index contributed by atoms with van der Waals surface area (Å²) in [5.74, 6) is -0.490. The van der Waals surface area contributed by atoms with Crippen LogP contribution in [0, 0.1) is 0 Å². The maximum Gasteiger partial charge on any atom is 0.258 e. The fourth-order valence-electron chi connectivity index (χ4n) is 1.36. The maximum atomic E-state index is 12.0. The fourth-order valence-corrected chi connectivity index (χ4v) is 2.06. The molecular formula is C11H7Cl3N4O. The van der Waals surface area contributed by atoms with Crippen molar-refractivity contribution in [3.63, 3.8) is 0 Å². The number of halogens is 3. The third-order valence-corrected chi connectivity index (χ3v) is 2.99. The normalized spacial score (nSPS) is 10.3. The second kappa shape index (κ2) is 5.61. The summed E-state index contributed by atoms with van der Waals surface area (Å²) in [6, 6.07) is 4.50. The summed E-state index contributed by atoms with van der Waals surface area (Å²) in [5, 5.41) is 2.74. The topological polar surface area (TPSA) is 80.9 Å². The van der Waals surface area contributed by atoms with Gasteiger partial charge < -0.3 is 11.1 Å². The minimum Gasteiger partial charge on any atom is -0.397 e. The first-order valence-corrected chi connectivity index (χ1v) is 6.16. The van der Waals surface area contributed by atoms with Gasteiger partial charge in [-0.3, -0.25) is 4.79 Å². The average Bonchev–Trinajstić information content (AvgIpc) is 2.34. The molecule has 2 rings (SSSR count). The Morgan fingerprint density at radius 3 is 2.63 bits per heavy atom. The number of carbonyl (C=O) groups is 1. The number of pyridine rings is 2. The van der Waals surface area contributed by atoms with Crippen molar-refractivity contribution in [2.24, 2.45) is 0 Å². The second-order valence-corrected chi connectivity index (χ2v) is 4.60. The van der Waals surface area contributed by atoms with Crippen molar-refractivity contribution < 1.29 is 4.79 Å². The molecule has 0 aliphatic rings. The van der Waals surface area contributed by atoms with E-state index in [1.54, 1.807) is 6.07 Å². The molecule has 0 aliphatic heterocycles. The zero-order valence-electron chi connectivity index (χ0n) is 9.32. The smallest absolute Gasteiger partial charge is 0.258 e. The highest BCUT2D eigenvalue weighted by molar-refractivity contribution is 6.36. The van der Waals surface area contributed by atoms with E-state index in [4.69, 9.17) is 40.5 Å². The summed E-state index contributed by atoms with van der Waals surface area (Å²) in [5.41, 5.74) is 6.30. The van der Waals surface area contributed by atoms with E-state index >= 15 is 0 Å². The third kappa shape index (κ3) is 3.07. The van der Waals surface area contributed by atoms with E-state index < -0.39 is 5.91 Å². The van der Waals surface area contributed by atoms with Crippen LogP contribution in [-0.2, 0) is 0 Å². The summed E-state index contributed by atoms with van der Waals surface area (Å²) in [7, 11) is 0. The lowest BCUT2D eigenvalue weighted by atomic mass is 10.2. The van der Waals surface area contributed by atoms with Crippen LogP contribution >= 0.6 is 34.8 Å². The monoisotopic (exact) mass is 316 g/mol. The summed E-state index contributed by atoms with van der Waals surface area (Å²) < 4.78 is 0. The number of carbonyl (C=O) groups excluding carboxylic acids is 1. The number of hydrogen-bond donors (Lipinski definition) is 2. The highest BCUT2D eigenvalue weighted by Crippen LogP contribution is 2.29. The van der Waals surface area contributed by atoms with Crippen LogP contribution in [0.4, 0.5) is 11.4 Å². The molecule has 0 fully saturated rings. The molecule has 1 amide bonds. The lowest BCUT2D eigenvalue weighted by Gasteiger charge is -2.10. The lowest BCUT2D eigenvalue weighted by Crippen LogP contribution is -2.15. The standard InChI is InChI=1S/C11H7Cl3N4O/c12-7-4-6(15)8(10(14)17-7)18-11(19)5-2-1-3-16-9(5)13/h1-4H,(H2,15,17)(H,18,19). The van der Waals surface area contributed by atoms with Crippen LogP contribution in [0.25, 0.3) is 0 Å². The molecule has 0 saturated carbocycles. The Hall–Kier alpha value is -1.56. The van der Waals surface area contributed by atoms with Gasteiger partial charge in [-0.15, -0.1) is 0 Å². The average molecular weight is 318 g/mol. The summed E-state index contributed by atoms with van der Waals surface area (Å²) >= 11 is 17.4. The summed E-state index contributed by atoms with van der Waals surface area (Å²) in [6.07, 6.45) is 1.48. The van der Waals surface area contributed by atoms with Gasteiger partial charge in [0, 0.05) is 12.3 Å². The number of aromatic nitrogens is 2. The molecule has 5 nitrogen and oxygen atoms in total. The van der Waals surface area contributed by atoms with E-state index in [2.05, 4.69) is 15.3 Å². The van der Waals surface area contributed by atoms with E-state index in [9.17, 15) is 4.79 Å². The number of hydrogen-bond acceptors (Lipinski definition) is 4. The number of nitrogens with one attached hydrogen (secondary N) is 1. The molecular weight excluding hydrogens is 311 g/mol. The molecule has 19 heavy (non-hydrogen) atoms. The van der Waals surface area contributed by atoms with E-state index in [-0.39, 0.29) is 32.4 Å². The van der Waals surface area contributed by atoms with E-state index in [1.165, 1.54) is 18.3 Å². The van der Waals surface area contributed by atoms with Crippen molar-refractivity contribution in [1.29, 1.82) is 0 Å². The first kappa shape index (κ1) is 13.9. The van der Waals surface area contributed by atoms with Crippen LogP contribution in [0.1, 0.15) is 10.4 Å². The molecule has 2 heterocycles. The first-order chi connectivity index (χ1) is 8.99. The predicted octanol–water partition coefficient (Wildman–Crippen LogP) is 3.27. The quantitative estimate of drug-likeness (QED) is 0.833. The first-order valence-electron chi connectivity index (χ1n) is 5.02. The molecule has 0 bridgehead atoms. The van der Waals surface area contributed by atoms with Gasteiger partial charge in [0.1, 0.15) is 16.0 Å². The predicted molar refractivity (Wildman–Crippen MR) is 75.9 cm³/mol. The Bertz CT molecular complexity index is 625. The molecule has 0 atom stereocenters. The minimum absolute atomic E-state index is 0.00152. The minimum atomic E-state index is -0.490. The van der Waals surface area contributed by atoms with Crippen LogP contribution in [0.2, 0.25) is 15.5 Å². The zero-order valence-corrected chi connectivity index (χ0v) is 11.6. The lowest BCUT2D eigenvalue weighted by molar-refractivity contribution is 0.102.